The number of aliphatic hydroxyl groups excluding tert-OH is 1. The highest BCUT2D eigenvalue weighted by Gasteiger charge is 2.51. The highest BCUT2D eigenvalue weighted by molar-refractivity contribution is 6.06. The summed E-state index contributed by atoms with van der Waals surface area (Å²) >= 11 is 0. The maximum atomic E-state index is 12.4. The normalized spacial score (nSPS) is 26.4. The van der Waals surface area contributed by atoms with Crippen LogP contribution >= 0.6 is 0 Å². The van der Waals surface area contributed by atoms with Crippen molar-refractivity contribution in [2.45, 2.75) is 57.9 Å². The summed E-state index contributed by atoms with van der Waals surface area (Å²) in [7, 11) is 0. The van der Waals surface area contributed by atoms with E-state index in [1.807, 2.05) is 0 Å². The molecule has 1 heterocycles. The molecule has 2 aliphatic rings. The van der Waals surface area contributed by atoms with Crippen molar-refractivity contribution >= 4 is 11.8 Å². The molecule has 0 aromatic carbocycles. The molecule has 0 radical (unpaired) electrons. The van der Waals surface area contributed by atoms with Gasteiger partial charge in [-0.3, -0.25) is 14.5 Å². The molecule has 1 N–H and O–H groups in total. The van der Waals surface area contributed by atoms with Crippen LogP contribution in [-0.4, -0.2) is 34.5 Å². The number of carbonyl (C=O) groups excluding carboxylic acids is 2. The Morgan fingerprint density at radius 3 is 2.35 bits per heavy atom. The number of rotatable bonds is 2. The van der Waals surface area contributed by atoms with Gasteiger partial charge in [0.1, 0.15) is 0 Å². The molecule has 17 heavy (non-hydrogen) atoms. The van der Waals surface area contributed by atoms with Crippen LogP contribution in [-0.2, 0) is 9.59 Å². The average Bonchev–Trinajstić information content (AvgIpc) is 2.48. The third-order valence-corrected chi connectivity index (χ3v) is 4.20. The van der Waals surface area contributed by atoms with Crippen LogP contribution in [0.1, 0.15) is 51.9 Å². The molecule has 1 aliphatic heterocycles. The fourth-order valence-corrected chi connectivity index (χ4v) is 3.14. The topological polar surface area (TPSA) is 57.6 Å². The minimum absolute atomic E-state index is 0.0362. The number of carbonyl (C=O) groups is 2. The largest absolute Gasteiger partial charge is 0.394 e. The van der Waals surface area contributed by atoms with Crippen LogP contribution < -0.4 is 0 Å². The Morgan fingerprint density at radius 2 is 1.82 bits per heavy atom. The zero-order chi connectivity index (χ0) is 12.5. The molecule has 0 aromatic heterocycles. The summed E-state index contributed by atoms with van der Waals surface area (Å²) in [5, 5.41) is 9.13. The maximum Gasteiger partial charge on any atom is 0.236 e. The molecule has 1 saturated heterocycles. The SMILES string of the molecule is CC(CO)N1C(=O)CC2(CCCCCC2)C1=O. The number of likely N-dealkylation sites (tertiary alicyclic amines) is 1. The number of hydrogen-bond acceptors (Lipinski definition) is 3. The van der Waals surface area contributed by atoms with Crippen molar-refractivity contribution in [3.8, 4) is 0 Å². The molecule has 1 saturated carbocycles. The molecular weight excluding hydrogens is 218 g/mol. The minimum atomic E-state index is -0.434. The van der Waals surface area contributed by atoms with Crippen molar-refractivity contribution < 1.29 is 14.7 Å². The Hall–Kier alpha value is -0.900. The standard InChI is InChI=1S/C13H21NO3/c1-10(9-15)14-11(16)8-13(12(14)17)6-4-2-3-5-7-13/h10,15H,2-9H2,1H3. The zero-order valence-corrected chi connectivity index (χ0v) is 10.4. The van der Waals surface area contributed by atoms with E-state index in [0.717, 1.165) is 25.7 Å². The molecule has 1 atom stereocenters. The van der Waals surface area contributed by atoms with Crippen LogP contribution in [0.15, 0.2) is 0 Å². The van der Waals surface area contributed by atoms with E-state index in [4.69, 9.17) is 5.11 Å². The second-order valence-corrected chi connectivity index (χ2v) is 5.47. The van der Waals surface area contributed by atoms with Crippen molar-refractivity contribution in [3.63, 3.8) is 0 Å². The lowest BCUT2D eigenvalue weighted by molar-refractivity contribution is -0.145. The lowest BCUT2D eigenvalue weighted by Crippen LogP contribution is -2.42. The maximum absolute atomic E-state index is 12.4. The minimum Gasteiger partial charge on any atom is -0.394 e. The van der Waals surface area contributed by atoms with Gasteiger partial charge in [0.05, 0.1) is 18.1 Å². The summed E-state index contributed by atoms with van der Waals surface area (Å²) in [5.74, 6) is -0.135. The summed E-state index contributed by atoms with van der Waals surface area (Å²) in [6.45, 7) is 1.58. The number of hydrogen-bond donors (Lipinski definition) is 1. The molecule has 2 rings (SSSR count). The van der Waals surface area contributed by atoms with E-state index in [1.165, 1.54) is 17.7 Å². The predicted octanol–water partition coefficient (Wildman–Crippen LogP) is 1.47. The van der Waals surface area contributed by atoms with Crippen LogP contribution in [0.4, 0.5) is 0 Å². The van der Waals surface area contributed by atoms with Gasteiger partial charge in [0.15, 0.2) is 0 Å². The third-order valence-electron chi connectivity index (χ3n) is 4.20. The molecule has 2 fully saturated rings. The van der Waals surface area contributed by atoms with Crippen LogP contribution in [0.3, 0.4) is 0 Å². The first-order valence-electron chi connectivity index (χ1n) is 6.58. The van der Waals surface area contributed by atoms with E-state index in [2.05, 4.69) is 0 Å². The summed E-state index contributed by atoms with van der Waals surface area (Å²) in [4.78, 5) is 25.7. The third kappa shape index (κ3) is 2.10. The fourth-order valence-electron chi connectivity index (χ4n) is 3.14. The van der Waals surface area contributed by atoms with Crippen molar-refractivity contribution in [2.24, 2.45) is 5.41 Å². The van der Waals surface area contributed by atoms with Gasteiger partial charge in [-0.15, -0.1) is 0 Å². The van der Waals surface area contributed by atoms with E-state index in [9.17, 15) is 9.59 Å². The number of imide groups is 1. The molecular formula is C13H21NO3. The Labute approximate surface area is 102 Å². The number of nitrogens with zero attached hydrogens (tertiary/aromatic N) is 1. The van der Waals surface area contributed by atoms with E-state index in [-0.39, 0.29) is 24.5 Å². The van der Waals surface area contributed by atoms with Crippen LogP contribution in [0.25, 0.3) is 0 Å². The van der Waals surface area contributed by atoms with Crippen molar-refractivity contribution in [1.29, 1.82) is 0 Å². The van der Waals surface area contributed by atoms with E-state index >= 15 is 0 Å². The Morgan fingerprint density at radius 1 is 1.24 bits per heavy atom. The molecule has 1 spiro atoms. The Bertz CT molecular complexity index is 319. The Balaban J connectivity index is 2.21. The zero-order valence-electron chi connectivity index (χ0n) is 10.4. The number of aliphatic hydroxyl groups is 1. The van der Waals surface area contributed by atoms with E-state index < -0.39 is 5.41 Å². The van der Waals surface area contributed by atoms with Crippen molar-refractivity contribution in [2.75, 3.05) is 6.61 Å². The van der Waals surface area contributed by atoms with Crippen LogP contribution in [0, 0.1) is 5.41 Å². The first-order chi connectivity index (χ1) is 8.10. The van der Waals surface area contributed by atoms with Crippen LogP contribution in [0.2, 0.25) is 0 Å². The van der Waals surface area contributed by atoms with Crippen LogP contribution in [0.5, 0.6) is 0 Å². The quantitative estimate of drug-likeness (QED) is 0.742. The van der Waals surface area contributed by atoms with E-state index in [1.54, 1.807) is 6.92 Å². The summed E-state index contributed by atoms with van der Waals surface area (Å²) in [6, 6.07) is -0.377. The van der Waals surface area contributed by atoms with Gasteiger partial charge < -0.3 is 5.11 Å². The highest BCUT2D eigenvalue weighted by atomic mass is 16.3. The predicted molar refractivity (Wildman–Crippen MR) is 63.2 cm³/mol. The summed E-state index contributed by atoms with van der Waals surface area (Å²) < 4.78 is 0. The monoisotopic (exact) mass is 239 g/mol. The van der Waals surface area contributed by atoms with Gasteiger partial charge in [-0.1, -0.05) is 25.7 Å². The van der Waals surface area contributed by atoms with Gasteiger partial charge in [0.25, 0.3) is 0 Å². The first-order valence-corrected chi connectivity index (χ1v) is 6.58. The number of amides is 2. The smallest absolute Gasteiger partial charge is 0.236 e. The van der Waals surface area contributed by atoms with Gasteiger partial charge in [-0.2, -0.15) is 0 Å². The molecule has 1 unspecified atom stereocenters. The molecule has 2 amide bonds. The fraction of sp³-hybridized carbons (Fsp3) is 0.846. The highest BCUT2D eigenvalue weighted by Crippen LogP contribution is 2.44. The molecule has 4 nitrogen and oxygen atoms in total. The lowest BCUT2D eigenvalue weighted by Gasteiger charge is -2.27. The van der Waals surface area contributed by atoms with Gasteiger partial charge in [-0.25, -0.2) is 0 Å². The summed E-state index contributed by atoms with van der Waals surface area (Å²) in [5.41, 5.74) is -0.434. The molecule has 96 valence electrons. The molecule has 1 aliphatic carbocycles. The molecule has 0 bridgehead atoms. The van der Waals surface area contributed by atoms with Gasteiger partial charge >= 0.3 is 0 Å². The van der Waals surface area contributed by atoms with Gasteiger partial charge in [0.2, 0.25) is 11.8 Å². The first kappa shape index (κ1) is 12.6. The van der Waals surface area contributed by atoms with Gasteiger partial charge in [-0.05, 0) is 19.8 Å². The second kappa shape index (κ2) is 4.77. The van der Waals surface area contributed by atoms with Gasteiger partial charge in [0, 0.05) is 6.42 Å². The molecule has 0 aromatic rings. The van der Waals surface area contributed by atoms with Crippen molar-refractivity contribution in [3.05, 3.63) is 0 Å². The van der Waals surface area contributed by atoms with Crippen molar-refractivity contribution in [1.82, 2.24) is 4.90 Å². The summed E-state index contributed by atoms with van der Waals surface area (Å²) in [6.07, 6.45) is 6.45. The molecule has 4 heteroatoms. The average molecular weight is 239 g/mol. The van der Waals surface area contributed by atoms with E-state index in [0.29, 0.717) is 6.42 Å². The second-order valence-electron chi connectivity index (χ2n) is 5.47. The Kier molecular flexibility index (Phi) is 3.52. The lowest BCUT2D eigenvalue weighted by atomic mass is 9.79.